The minimum atomic E-state index is -1.19. The predicted molar refractivity (Wildman–Crippen MR) is 122 cm³/mol. The SMILES string of the molecule is OC1(COc2cccc(F)c2)COCCN(Cc2cccc(OCCCn3ccnc3)c2)C1. The highest BCUT2D eigenvalue weighted by Gasteiger charge is 2.33. The number of aryl methyl sites for hydroxylation is 1. The van der Waals surface area contributed by atoms with Gasteiger partial charge in [0.05, 0.1) is 26.1 Å². The zero-order valence-corrected chi connectivity index (χ0v) is 18.6. The number of β-amino-alcohol motifs (C(OH)–C–C–N with tert-alkyl or cyclic N) is 1. The molecule has 33 heavy (non-hydrogen) atoms. The Morgan fingerprint density at radius 3 is 2.79 bits per heavy atom. The number of ether oxygens (including phenoxy) is 3. The molecule has 0 aliphatic carbocycles. The van der Waals surface area contributed by atoms with Gasteiger partial charge in [0.1, 0.15) is 29.5 Å². The van der Waals surface area contributed by atoms with Crippen molar-refractivity contribution in [3.8, 4) is 11.5 Å². The van der Waals surface area contributed by atoms with E-state index in [0.717, 1.165) is 24.3 Å². The molecule has 1 aliphatic rings. The zero-order valence-electron chi connectivity index (χ0n) is 18.6. The summed E-state index contributed by atoms with van der Waals surface area (Å²) < 4.78 is 32.6. The Hall–Kier alpha value is -2.94. The van der Waals surface area contributed by atoms with Crippen molar-refractivity contribution in [2.75, 3.05) is 39.5 Å². The van der Waals surface area contributed by atoms with Crippen LogP contribution in [0.2, 0.25) is 0 Å². The zero-order chi connectivity index (χ0) is 22.9. The lowest BCUT2D eigenvalue weighted by molar-refractivity contribution is -0.0647. The molecule has 1 aromatic heterocycles. The normalized spacial score (nSPS) is 19.2. The molecule has 2 aromatic carbocycles. The largest absolute Gasteiger partial charge is 0.494 e. The maximum atomic E-state index is 13.4. The van der Waals surface area contributed by atoms with E-state index in [-0.39, 0.29) is 19.0 Å². The average Bonchev–Trinajstić information content (AvgIpc) is 3.25. The number of rotatable bonds is 10. The number of nitrogens with zero attached hydrogens (tertiary/aromatic N) is 3. The third kappa shape index (κ3) is 7.28. The highest BCUT2D eigenvalue weighted by molar-refractivity contribution is 5.28. The maximum Gasteiger partial charge on any atom is 0.134 e. The van der Waals surface area contributed by atoms with E-state index in [1.807, 2.05) is 35.0 Å². The molecule has 0 amide bonds. The van der Waals surface area contributed by atoms with E-state index in [9.17, 15) is 9.50 Å². The molecule has 0 saturated carbocycles. The average molecular weight is 456 g/mol. The highest BCUT2D eigenvalue weighted by atomic mass is 19.1. The summed E-state index contributed by atoms with van der Waals surface area (Å²) in [5, 5.41) is 11.1. The van der Waals surface area contributed by atoms with Gasteiger partial charge in [0, 0.05) is 44.6 Å². The van der Waals surface area contributed by atoms with Crippen molar-refractivity contribution in [1.29, 1.82) is 0 Å². The molecule has 8 heteroatoms. The van der Waals surface area contributed by atoms with Crippen LogP contribution < -0.4 is 9.47 Å². The number of hydrogen-bond donors (Lipinski definition) is 1. The summed E-state index contributed by atoms with van der Waals surface area (Å²) in [6.07, 6.45) is 6.40. The van der Waals surface area contributed by atoms with Crippen molar-refractivity contribution < 1.29 is 23.7 Å². The second-order valence-corrected chi connectivity index (χ2v) is 8.38. The molecule has 1 unspecified atom stereocenters. The van der Waals surface area contributed by atoms with Crippen LogP contribution in [0.5, 0.6) is 11.5 Å². The summed E-state index contributed by atoms with van der Waals surface area (Å²) in [6, 6.07) is 13.9. The van der Waals surface area contributed by atoms with Crippen LogP contribution in [0.3, 0.4) is 0 Å². The molecule has 176 valence electrons. The molecule has 0 radical (unpaired) electrons. The number of benzene rings is 2. The van der Waals surface area contributed by atoms with Crippen LogP contribution in [-0.2, 0) is 17.8 Å². The van der Waals surface area contributed by atoms with Gasteiger partial charge in [-0.25, -0.2) is 9.37 Å². The van der Waals surface area contributed by atoms with Crippen molar-refractivity contribution in [3.63, 3.8) is 0 Å². The summed E-state index contributed by atoms with van der Waals surface area (Å²) in [5.41, 5.74) is -0.0954. The number of halogens is 1. The predicted octanol–water partition coefficient (Wildman–Crippen LogP) is 3.13. The van der Waals surface area contributed by atoms with Gasteiger partial charge in [-0.3, -0.25) is 4.90 Å². The fourth-order valence-corrected chi connectivity index (χ4v) is 3.84. The molecular formula is C25H30FN3O4. The molecule has 0 bridgehead atoms. The van der Waals surface area contributed by atoms with E-state index >= 15 is 0 Å². The first-order valence-corrected chi connectivity index (χ1v) is 11.2. The lowest BCUT2D eigenvalue weighted by Crippen LogP contribution is -2.48. The van der Waals surface area contributed by atoms with Crippen LogP contribution in [0.25, 0.3) is 0 Å². The molecule has 1 fully saturated rings. The van der Waals surface area contributed by atoms with Crippen LogP contribution >= 0.6 is 0 Å². The van der Waals surface area contributed by atoms with Gasteiger partial charge in [-0.1, -0.05) is 18.2 Å². The van der Waals surface area contributed by atoms with E-state index in [2.05, 4.69) is 9.88 Å². The van der Waals surface area contributed by atoms with Crippen LogP contribution in [0.15, 0.2) is 67.3 Å². The number of aromatic nitrogens is 2. The van der Waals surface area contributed by atoms with Crippen molar-refractivity contribution in [2.45, 2.75) is 25.1 Å². The van der Waals surface area contributed by atoms with Gasteiger partial charge in [-0.2, -0.15) is 0 Å². The van der Waals surface area contributed by atoms with Crippen LogP contribution in [0.4, 0.5) is 4.39 Å². The van der Waals surface area contributed by atoms with Gasteiger partial charge >= 0.3 is 0 Å². The Morgan fingerprint density at radius 1 is 1.12 bits per heavy atom. The van der Waals surface area contributed by atoms with E-state index in [1.54, 1.807) is 24.7 Å². The summed E-state index contributed by atoms with van der Waals surface area (Å²) in [7, 11) is 0. The lowest BCUT2D eigenvalue weighted by Gasteiger charge is -2.30. The minimum Gasteiger partial charge on any atom is -0.494 e. The Labute approximate surface area is 193 Å². The third-order valence-corrected chi connectivity index (χ3v) is 5.44. The Balaban J connectivity index is 1.29. The van der Waals surface area contributed by atoms with Gasteiger partial charge in [-0.15, -0.1) is 0 Å². The molecule has 7 nitrogen and oxygen atoms in total. The van der Waals surface area contributed by atoms with Crippen LogP contribution in [0.1, 0.15) is 12.0 Å². The monoisotopic (exact) mass is 455 g/mol. The summed E-state index contributed by atoms with van der Waals surface area (Å²) >= 11 is 0. The second-order valence-electron chi connectivity index (χ2n) is 8.38. The van der Waals surface area contributed by atoms with Gasteiger partial charge in [-0.05, 0) is 36.2 Å². The first-order chi connectivity index (χ1) is 16.1. The fourth-order valence-electron chi connectivity index (χ4n) is 3.84. The van der Waals surface area contributed by atoms with Gasteiger partial charge in [0.25, 0.3) is 0 Å². The number of aliphatic hydroxyl groups is 1. The molecule has 4 rings (SSSR count). The van der Waals surface area contributed by atoms with E-state index in [4.69, 9.17) is 14.2 Å². The number of imidazole rings is 1. The minimum absolute atomic E-state index is 0.0209. The Morgan fingerprint density at radius 2 is 1.97 bits per heavy atom. The fraction of sp³-hybridized carbons (Fsp3) is 0.400. The summed E-state index contributed by atoms with van der Waals surface area (Å²) in [4.78, 5) is 6.18. The summed E-state index contributed by atoms with van der Waals surface area (Å²) in [5.74, 6) is 0.841. The quantitative estimate of drug-likeness (QED) is 0.474. The Bertz CT molecular complexity index is 1000. The van der Waals surface area contributed by atoms with Crippen LogP contribution in [0, 0.1) is 5.82 Å². The molecule has 1 saturated heterocycles. The smallest absolute Gasteiger partial charge is 0.134 e. The molecule has 3 aromatic rings. The van der Waals surface area contributed by atoms with Gasteiger partial charge in [0.2, 0.25) is 0 Å². The summed E-state index contributed by atoms with van der Waals surface area (Å²) in [6.45, 7) is 3.92. The van der Waals surface area contributed by atoms with Crippen molar-refractivity contribution in [3.05, 3.63) is 78.6 Å². The van der Waals surface area contributed by atoms with Gasteiger partial charge < -0.3 is 23.9 Å². The van der Waals surface area contributed by atoms with Crippen molar-refractivity contribution in [2.24, 2.45) is 0 Å². The molecule has 2 heterocycles. The second kappa shape index (κ2) is 11.3. The molecular weight excluding hydrogens is 425 g/mol. The first-order valence-electron chi connectivity index (χ1n) is 11.2. The first kappa shape index (κ1) is 23.2. The molecule has 1 N–H and O–H groups in total. The Kier molecular flexibility index (Phi) is 7.93. The van der Waals surface area contributed by atoms with Crippen molar-refractivity contribution in [1.82, 2.24) is 14.5 Å². The van der Waals surface area contributed by atoms with Crippen molar-refractivity contribution >= 4 is 0 Å². The van der Waals surface area contributed by atoms with Crippen LogP contribution in [-0.4, -0.2) is 64.7 Å². The molecule has 1 aliphatic heterocycles. The van der Waals surface area contributed by atoms with Gasteiger partial charge in [0.15, 0.2) is 0 Å². The van der Waals surface area contributed by atoms with E-state index in [1.165, 1.54) is 12.1 Å². The standard InChI is InChI=1S/C25H30FN3O4/c26-22-5-2-7-24(15-22)33-19-25(30)17-29(11-13-31-18-25)16-21-4-1-6-23(14-21)32-12-3-9-28-10-8-27-20-28/h1-2,4-8,10,14-15,20,30H,3,9,11-13,16-19H2. The van der Waals surface area contributed by atoms with E-state index in [0.29, 0.717) is 38.6 Å². The number of hydrogen-bond acceptors (Lipinski definition) is 6. The molecule has 1 atom stereocenters. The van der Waals surface area contributed by atoms with E-state index < -0.39 is 5.60 Å². The lowest BCUT2D eigenvalue weighted by atomic mass is 10.1. The highest BCUT2D eigenvalue weighted by Crippen LogP contribution is 2.20. The topological polar surface area (TPSA) is 69.0 Å². The molecule has 0 spiro atoms. The third-order valence-electron chi connectivity index (χ3n) is 5.44. The maximum absolute atomic E-state index is 13.4.